The highest BCUT2D eigenvalue weighted by molar-refractivity contribution is 5.26. The molecule has 0 atom stereocenters. The van der Waals surface area contributed by atoms with Gasteiger partial charge in [-0.3, -0.25) is 5.10 Å². The quantitative estimate of drug-likeness (QED) is 0.620. The summed E-state index contributed by atoms with van der Waals surface area (Å²) in [6, 6.07) is 0. The van der Waals surface area contributed by atoms with Gasteiger partial charge in [0.05, 0.1) is 6.20 Å². The number of hydrogen-bond acceptors (Lipinski definition) is 2. The Morgan fingerprint density at radius 1 is 1.70 bits per heavy atom. The minimum atomic E-state index is 0.299. The molecule has 3 N–H and O–H groups in total. The summed E-state index contributed by atoms with van der Waals surface area (Å²) in [6.45, 7) is 0.756. The van der Waals surface area contributed by atoms with Crippen molar-refractivity contribution in [3.63, 3.8) is 0 Å². The van der Waals surface area contributed by atoms with E-state index < -0.39 is 0 Å². The molecule has 1 saturated carbocycles. The lowest BCUT2D eigenvalue weighted by Gasteiger charge is -2.06. The number of nitrogens with zero attached hydrogens (tertiary/aromatic N) is 1. The number of aromatic nitrogens is 2. The van der Waals surface area contributed by atoms with Crippen LogP contribution in [0, 0.1) is 0 Å². The second kappa shape index (κ2) is 1.83. The number of nitrogens with two attached hydrogens (primary N) is 1. The van der Waals surface area contributed by atoms with Gasteiger partial charge in [0.2, 0.25) is 0 Å². The summed E-state index contributed by atoms with van der Waals surface area (Å²) in [5.41, 5.74) is 7.19. The van der Waals surface area contributed by atoms with Crippen molar-refractivity contribution in [2.24, 2.45) is 5.73 Å². The molecule has 0 amide bonds. The molecule has 0 unspecified atom stereocenters. The van der Waals surface area contributed by atoms with Crippen LogP contribution in [0.5, 0.6) is 0 Å². The smallest absolute Gasteiger partial charge is 0.0525 e. The Balaban J connectivity index is 2.27. The summed E-state index contributed by atoms with van der Waals surface area (Å²) in [6.07, 6.45) is 6.27. The molecule has 1 aliphatic rings. The van der Waals surface area contributed by atoms with Crippen LogP contribution >= 0.6 is 0 Å². The fraction of sp³-hybridized carbons (Fsp3) is 0.571. The van der Waals surface area contributed by atoms with Gasteiger partial charge in [-0.15, -0.1) is 0 Å². The lowest BCUT2D eigenvalue weighted by Crippen LogP contribution is -2.18. The average Bonchev–Trinajstić information content (AvgIpc) is 2.58. The molecule has 3 nitrogen and oxygen atoms in total. The molecule has 0 spiro atoms. The van der Waals surface area contributed by atoms with Crippen molar-refractivity contribution in [1.29, 1.82) is 0 Å². The SMILES string of the molecule is NCC1(c2cn[nH]c2)CC1. The molecule has 1 aromatic rings. The molecule has 0 aliphatic heterocycles. The normalized spacial score (nSPS) is 20.9. The Morgan fingerprint density at radius 2 is 2.50 bits per heavy atom. The predicted molar refractivity (Wildman–Crippen MR) is 38.6 cm³/mol. The van der Waals surface area contributed by atoms with E-state index in [-0.39, 0.29) is 0 Å². The van der Waals surface area contributed by atoms with Crippen LogP contribution in [-0.4, -0.2) is 16.7 Å². The van der Waals surface area contributed by atoms with Gasteiger partial charge >= 0.3 is 0 Å². The largest absolute Gasteiger partial charge is 0.330 e. The highest BCUT2D eigenvalue weighted by atomic mass is 15.1. The number of rotatable bonds is 2. The van der Waals surface area contributed by atoms with Gasteiger partial charge < -0.3 is 5.73 Å². The maximum Gasteiger partial charge on any atom is 0.0525 e. The highest BCUT2D eigenvalue weighted by Crippen LogP contribution is 2.46. The molecule has 2 rings (SSSR count). The molecule has 3 heteroatoms. The monoisotopic (exact) mass is 137 g/mol. The van der Waals surface area contributed by atoms with E-state index in [0.717, 1.165) is 6.54 Å². The van der Waals surface area contributed by atoms with Crippen LogP contribution in [0.2, 0.25) is 0 Å². The van der Waals surface area contributed by atoms with Gasteiger partial charge in [0.15, 0.2) is 0 Å². The molecular weight excluding hydrogens is 126 g/mol. The number of nitrogens with one attached hydrogen (secondary N) is 1. The highest BCUT2D eigenvalue weighted by Gasteiger charge is 2.43. The zero-order valence-corrected chi connectivity index (χ0v) is 5.80. The van der Waals surface area contributed by atoms with Crippen LogP contribution in [0.4, 0.5) is 0 Å². The van der Waals surface area contributed by atoms with E-state index in [9.17, 15) is 0 Å². The summed E-state index contributed by atoms with van der Waals surface area (Å²) in [4.78, 5) is 0. The van der Waals surface area contributed by atoms with Crippen LogP contribution < -0.4 is 5.73 Å². The molecule has 0 saturated heterocycles. The second-order valence-corrected chi connectivity index (χ2v) is 2.97. The fourth-order valence-electron chi connectivity index (χ4n) is 1.30. The Kier molecular flexibility index (Phi) is 1.08. The van der Waals surface area contributed by atoms with Gasteiger partial charge in [-0.1, -0.05) is 0 Å². The summed E-state index contributed by atoms with van der Waals surface area (Å²) in [7, 11) is 0. The zero-order chi connectivity index (χ0) is 7.03. The van der Waals surface area contributed by atoms with Crippen LogP contribution in [0.1, 0.15) is 18.4 Å². The van der Waals surface area contributed by atoms with Gasteiger partial charge in [0.25, 0.3) is 0 Å². The molecular formula is C7H11N3. The second-order valence-electron chi connectivity index (χ2n) is 2.97. The van der Waals surface area contributed by atoms with Crippen LogP contribution in [0.3, 0.4) is 0 Å². The minimum Gasteiger partial charge on any atom is -0.330 e. The minimum absolute atomic E-state index is 0.299. The van der Waals surface area contributed by atoms with Gasteiger partial charge in [-0.25, -0.2) is 0 Å². The fourth-order valence-corrected chi connectivity index (χ4v) is 1.30. The van der Waals surface area contributed by atoms with Crippen molar-refractivity contribution in [1.82, 2.24) is 10.2 Å². The van der Waals surface area contributed by atoms with Crippen LogP contribution in [-0.2, 0) is 5.41 Å². The number of H-pyrrole nitrogens is 1. The van der Waals surface area contributed by atoms with Gasteiger partial charge in [0.1, 0.15) is 0 Å². The molecule has 1 heterocycles. The number of hydrogen-bond donors (Lipinski definition) is 2. The molecule has 1 fully saturated rings. The topological polar surface area (TPSA) is 54.7 Å². The van der Waals surface area contributed by atoms with Crippen molar-refractivity contribution in [2.75, 3.05) is 6.54 Å². The molecule has 0 bridgehead atoms. The summed E-state index contributed by atoms with van der Waals surface area (Å²) >= 11 is 0. The molecule has 0 radical (unpaired) electrons. The average molecular weight is 137 g/mol. The third-order valence-corrected chi connectivity index (χ3v) is 2.35. The lowest BCUT2D eigenvalue weighted by atomic mass is 10.0. The van der Waals surface area contributed by atoms with Crippen LogP contribution in [0.25, 0.3) is 0 Å². The summed E-state index contributed by atoms with van der Waals surface area (Å²) in [5.74, 6) is 0. The van der Waals surface area contributed by atoms with E-state index in [0.29, 0.717) is 5.41 Å². The first-order chi connectivity index (χ1) is 4.87. The molecule has 10 heavy (non-hydrogen) atoms. The summed E-state index contributed by atoms with van der Waals surface area (Å²) in [5, 5.41) is 6.70. The lowest BCUT2D eigenvalue weighted by molar-refractivity contribution is 0.705. The Bertz CT molecular complexity index is 211. The van der Waals surface area contributed by atoms with Crippen molar-refractivity contribution in [3.05, 3.63) is 18.0 Å². The summed E-state index contributed by atoms with van der Waals surface area (Å²) < 4.78 is 0. The third-order valence-electron chi connectivity index (χ3n) is 2.35. The standard InChI is InChI=1S/C7H11N3/c8-5-7(1-2-7)6-3-9-10-4-6/h3-4H,1-2,5,8H2,(H,9,10). The Hall–Kier alpha value is -0.830. The Morgan fingerprint density at radius 3 is 2.90 bits per heavy atom. The first-order valence-electron chi connectivity index (χ1n) is 3.57. The number of aromatic amines is 1. The molecule has 1 aliphatic carbocycles. The third kappa shape index (κ3) is 0.671. The van der Waals surface area contributed by atoms with Crippen molar-refractivity contribution in [2.45, 2.75) is 18.3 Å². The van der Waals surface area contributed by atoms with Gasteiger partial charge in [-0.05, 0) is 18.4 Å². The first-order valence-corrected chi connectivity index (χ1v) is 3.57. The van der Waals surface area contributed by atoms with Gasteiger partial charge in [-0.2, -0.15) is 5.10 Å². The van der Waals surface area contributed by atoms with E-state index >= 15 is 0 Å². The maximum absolute atomic E-state index is 5.62. The van der Waals surface area contributed by atoms with E-state index in [2.05, 4.69) is 10.2 Å². The van der Waals surface area contributed by atoms with Gasteiger partial charge in [0, 0.05) is 18.2 Å². The first kappa shape index (κ1) is 5.92. The molecule has 54 valence electrons. The van der Waals surface area contributed by atoms with Crippen molar-refractivity contribution < 1.29 is 0 Å². The van der Waals surface area contributed by atoms with Crippen molar-refractivity contribution >= 4 is 0 Å². The predicted octanol–water partition coefficient (Wildman–Crippen LogP) is 0.400. The maximum atomic E-state index is 5.62. The van der Waals surface area contributed by atoms with E-state index in [1.54, 1.807) is 0 Å². The van der Waals surface area contributed by atoms with E-state index in [1.165, 1.54) is 18.4 Å². The zero-order valence-electron chi connectivity index (χ0n) is 5.80. The van der Waals surface area contributed by atoms with Crippen LogP contribution in [0.15, 0.2) is 12.4 Å². The molecule has 0 aromatic carbocycles. The van der Waals surface area contributed by atoms with Crippen molar-refractivity contribution in [3.8, 4) is 0 Å². The molecule has 1 aromatic heterocycles. The van der Waals surface area contributed by atoms with E-state index in [4.69, 9.17) is 5.73 Å². The Labute approximate surface area is 59.6 Å². The van der Waals surface area contributed by atoms with E-state index in [1.807, 2.05) is 12.4 Å².